The highest BCUT2D eigenvalue weighted by atomic mass is 32.2. The number of rotatable bonds is 10. The fourth-order valence-electron chi connectivity index (χ4n) is 7.05. The third-order valence-corrected chi connectivity index (χ3v) is 12.2. The van der Waals surface area contributed by atoms with Crippen molar-refractivity contribution < 1.29 is 49.9 Å². The van der Waals surface area contributed by atoms with Gasteiger partial charge in [0.15, 0.2) is 0 Å². The first-order valence-corrected chi connectivity index (χ1v) is 19.0. The van der Waals surface area contributed by atoms with Crippen LogP contribution in [0.1, 0.15) is 76.5 Å². The molecule has 53 heavy (non-hydrogen) atoms. The standard InChI is InChI=1S/C35H42F4N6O7S/c1-5-20-13-34(20,31(48)43-53(50,51)24-9-10-24)42-29(46)27-12-23(52-32(49)44-16-19-7-6-8-26(36)25(19)18-44)17-45(27)30(47)28(33(2,3)4)41-22-11-21(14-40-15-22)35(37,38)39/h6-8,11,14-15,20,23-24,27-28,41H,5,9-10,12-13,16-18H2,1-4H3,(H,42,46)(H,43,48)/t20-,23-,27+,28-,34-/m1/s1. The second kappa shape index (κ2) is 13.7. The predicted octanol–water partition coefficient (Wildman–Crippen LogP) is 4.08. The van der Waals surface area contributed by atoms with Crippen molar-refractivity contribution in [2.75, 3.05) is 11.9 Å². The molecule has 2 aromatic rings. The molecule has 18 heteroatoms. The van der Waals surface area contributed by atoms with E-state index in [4.69, 9.17) is 4.74 Å². The molecule has 2 aliphatic carbocycles. The average Bonchev–Trinajstić information content (AvgIpc) is 3.97. The number of aromatic nitrogens is 1. The number of fused-ring (bicyclic) bond motifs is 1. The molecular formula is C35H42F4N6O7S. The van der Waals surface area contributed by atoms with Crippen LogP contribution in [0.2, 0.25) is 0 Å². The molecule has 4 amide bonds. The van der Waals surface area contributed by atoms with Crippen LogP contribution in [0.25, 0.3) is 0 Å². The van der Waals surface area contributed by atoms with Gasteiger partial charge in [0.25, 0.3) is 5.91 Å². The zero-order chi connectivity index (χ0) is 38.7. The molecule has 6 rings (SSSR count). The van der Waals surface area contributed by atoms with E-state index in [-0.39, 0.29) is 38.2 Å². The number of anilines is 1. The second-order valence-electron chi connectivity index (χ2n) is 15.3. The number of hydrogen-bond donors (Lipinski definition) is 3. The van der Waals surface area contributed by atoms with Crippen LogP contribution >= 0.6 is 0 Å². The number of halogens is 4. The Kier molecular flexibility index (Phi) is 9.91. The third kappa shape index (κ3) is 7.92. The Morgan fingerprint density at radius 2 is 1.81 bits per heavy atom. The lowest BCUT2D eigenvalue weighted by atomic mass is 9.85. The highest BCUT2D eigenvalue weighted by molar-refractivity contribution is 7.91. The van der Waals surface area contributed by atoms with E-state index >= 15 is 0 Å². The lowest BCUT2D eigenvalue weighted by molar-refractivity contribution is -0.141. The number of hydrogen-bond acceptors (Lipinski definition) is 9. The summed E-state index contributed by atoms with van der Waals surface area (Å²) in [6.45, 7) is 6.53. The first-order valence-electron chi connectivity index (χ1n) is 17.4. The number of benzene rings is 1. The Morgan fingerprint density at radius 1 is 1.09 bits per heavy atom. The molecule has 2 saturated carbocycles. The summed E-state index contributed by atoms with van der Waals surface area (Å²) < 4.78 is 88.1. The van der Waals surface area contributed by atoms with Crippen molar-refractivity contribution in [3.8, 4) is 0 Å². The fourth-order valence-corrected chi connectivity index (χ4v) is 8.42. The van der Waals surface area contributed by atoms with Gasteiger partial charge in [-0.3, -0.25) is 29.0 Å². The number of pyridine rings is 1. The number of amides is 4. The van der Waals surface area contributed by atoms with Crippen molar-refractivity contribution in [1.29, 1.82) is 0 Å². The molecule has 0 bridgehead atoms. The van der Waals surface area contributed by atoms with E-state index in [1.807, 2.05) is 0 Å². The monoisotopic (exact) mass is 766 g/mol. The molecule has 13 nitrogen and oxygen atoms in total. The molecule has 3 heterocycles. The van der Waals surface area contributed by atoms with Crippen LogP contribution in [-0.2, 0) is 48.4 Å². The first kappa shape index (κ1) is 38.3. The lowest BCUT2D eigenvalue weighted by Crippen LogP contribution is -2.58. The summed E-state index contributed by atoms with van der Waals surface area (Å²) in [5, 5.41) is 4.88. The maximum atomic E-state index is 14.5. The average molecular weight is 767 g/mol. The molecule has 288 valence electrons. The summed E-state index contributed by atoms with van der Waals surface area (Å²) in [6.07, 6.45) is -3.58. The fraction of sp³-hybridized carbons (Fsp3) is 0.571. The molecule has 2 aliphatic heterocycles. The largest absolute Gasteiger partial charge is 0.444 e. The van der Waals surface area contributed by atoms with Gasteiger partial charge in [-0.15, -0.1) is 0 Å². The van der Waals surface area contributed by atoms with Gasteiger partial charge in [-0.2, -0.15) is 13.2 Å². The molecule has 3 N–H and O–H groups in total. The van der Waals surface area contributed by atoms with Gasteiger partial charge in [-0.05, 0) is 48.3 Å². The van der Waals surface area contributed by atoms with Crippen molar-refractivity contribution in [2.45, 2.75) is 108 Å². The van der Waals surface area contributed by atoms with Crippen LogP contribution in [0.15, 0.2) is 36.7 Å². The number of carbonyl (C=O) groups excluding carboxylic acids is 4. The molecule has 1 saturated heterocycles. The highest BCUT2D eigenvalue weighted by Gasteiger charge is 2.62. The Hall–Kier alpha value is -4.48. The van der Waals surface area contributed by atoms with E-state index in [2.05, 4.69) is 20.3 Å². The summed E-state index contributed by atoms with van der Waals surface area (Å²) >= 11 is 0. The van der Waals surface area contributed by atoms with Crippen molar-refractivity contribution >= 4 is 39.5 Å². The summed E-state index contributed by atoms with van der Waals surface area (Å²) in [7, 11) is -3.95. The quantitative estimate of drug-likeness (QED) is 0.302. The van der Waals surface area contributed by atoms with Gasteiger partial charge in [-0.25, -0.2) is 17.6 Å². The predicted molar refractivity (Wildman–Crippen MR) is 181 cm³/mol. The Bertz CT molecular complexity index is 1920. The number of alkyl halides is 3. The van der Waals surface area contributed by atoms with Gasteiger partial charge in [0.2, 0.25) is 21.8 Å². The Balaban J connectivity index is 1.26. The Labute approximate surface area is 304 Å². The topological polar surface area (TPSA) is 167 Å². The third-order valence-electron chi connectivity index (χ3n) is 10.3. The maximum Gasteiger partial charge on any atom is 0.417 e. The normalized spacial score (nSPS) is 24.6. The van der Waals surface area contributed by atoms with Crippen molar-refractivity contribution in [2.24, 2.45) is 11.3 Å². The van der Waals surface area contributed by atoms with E-state index in [9.17, 15) is 45.2 Å². The molecule has 1 aromatic carbocycles. The highest BCUT2D eigenvalue weighted by Crippen LogP contribution is 2.47. The van der Waals surface area contributed by atoms with E-state index < -0.39 is 91.7 Å². The Morgan fingerprint density at radius 3 is 2.42 bits per heavy atom. The molecule has 5 atom stereocenters. The van der Waals surface area contributed by atoms with E-state index in [0.29, 0.717) is 36.6 Å². The van der Waals surface area contributed by atoms with Gasteiger partial charge >= 0.3 is 12.3 Å². The van der Waals surface area contributed by atoms with E-state index in [0.717, 1.165) is 17.2 Å². The molecule has 1 aromatic heterocycles. The first-order chi connectivity index (χ1) is 24.7. The molecule has 4 aliphatic rings. The molecule has 3 fully saturated rings. The number of nitrogens with one attached hydrogen (secondary N) is 3. The van der Waals surface area contributed by atoms with Crippen LogP contribution in [0, 0.1) is 17.2 Å². The zero-order valence-corrected chi connectivity index (χ0v) is 30.4. The summed E-state index contributed by atoms with van der Waals surface area (Å²) in [4.78, 5) is 61.5. The number of carbonyl (C=O) groups is 4. The van der Waals surface area contributed by atoms with Crippen LogP contribution in [0.3, 0.4) is 0 Å². The maximum absolute atomic E-state index is 14.5. The van der Waals surface area contributed by atoms with E-state index in [1.54, 1.807) is 33.8 Å². The summed E-state index contributed by atoms with van der Waals surface area (Å²) in [5.41, 5.74) is -2.71. The van der Waals surface area contributed by atoms with Gasteiger partial charge in [0, 0.05) is 30.9 Å². The molecule has 0 spiro atoms. The van der Waals surface area contributed by atoms with E-state index in [1.165, 1.54) is 17.0 Å². The van der Waals surface area contributed by atoms with Gasteiger partial charge in [0.05, 0.1) is 29.6 Å². The van der Waals surface area contributed by atoms with Crippen LogP contribution in [0.5, 0.6) is 0 Å². The number of ether oxygens (including phenoxy) is 1. The van der Waals surface area contributed by atoms with Crippen LogP contribution < -0.4 is 15.4 Å². The van der Waals surface area contributed by atoms with Gasteiger partial charge in [0.1, 0.15) is 29.5 Å². The van der Waals surface area contributed by atoms with Crippen molar-refractivity contribution in [1.82, 2.24) is 24.8 Å². The summed E-state index contributed by atoms with van der Waals surface area (Å²) in [6, 6.07) is 2.75. The van der Waals surface area contributed by atoms with Crippen LogP contribution in [0.4, 0.5) is 28.0 Å². The number of nitrogens with zero attached hydrogens (tertiary/aromatic N) is 3. The molecule has 0 radical (unpaired) electrons. The number of sulfonamides is 1. The molecular weight excluding hydrogens is 724 g/mol. The van der Waals surface area contributed by atoms with Crippen molar-refractivity contribution in [3.63, 3.8) is 0 Å². The molecule has 0 unspecified atom stereocenters. The van der Waals surface area contributed by atoms with Gasteiger partial charge in [-0.1, -0.05) is 46.2 Å². The second-order valence-corrected chi connectivity index (χ2v) is 17.3. The van der Waals surface area contributed by atoms with Crippen LogP contribution in [-0.4, -0.2) is 82.5 Å². The summed E-state index contributed by atoms with van der Waals surface area (Å²) in [5.74, 6) is -3.25. The minimum Gasteiger partial charge on any atom is -0.444 e. The van der Waals surface area contributed by atoms with Gasteiger partial charge < -0.3 is 20.3 Å². The number of likely N-dealkylation sites (tertiary alicyclic amines) is 1. The lowest BCUT2D eigenvalue weighted by Gasteiger charge is -2.36. The minimum atomic E-state index is -4.71. The smallest absolute Gasteiger partial charge is 0.417 e. The zero-order valence-electron chi connectivity index (χ0n) is 29.6. The van der Waals surface area contributed by atoms with Crippen molar-refractivity contribution in [3.05, 3.63) is 59.2 Å². The minimum absolute atomic E-state index is 0.0546. The SMILES string of the molecule is CC[C@@H]1C[C@]1(NC(=O)[C@@H]1C[C@@H](OC(=O)N2Cc3cccc(F)c3C2)CN1C(=O)[C@@H](Nc1cncc(C(F)(F)F)c1)C(C)(C)C)C(=O)NS(=O)(=O)C1CC1.